The van der Waals surface area contributed by atoms with Gasteiger partial charge in [-0.25, -0.2) is 4.90 Å². The highest BCUT2D eigenvalue weighted by atomic mass is 16.5. The van der Waals surface area contributed by atoms with Crippen LogP contribution in [0.5, 0.6) is 5.75 Å². The van der Waals surface area contributed by atoms with Crippen molar-refractivity contribution in [3.63, 3.8) is 0 Å². The van der Waals surface area contributed by atoms with E-state index in [4.69, 9.17) is 4.74 Å². The molecule has 4 heteroatoms. The van der Waals surface area contributed by atoms with Crippen LogP contribution >= 0.6 is 0 Å². The Kier molecular flexibility index (Phi) is 3.28. The van der Waals surface area contributed by atoms with Gasteiger partial charge in [0, 0.05) is 11.8 Å². The first-order valence-electron chi connectivity index (χ1n) is 6.50. The maximum Gasteiger partial charge on any atom is 0.265 e. The molecule has 1 aliphatic heterocycles. The van der Waals surface area contributed by atoms with E-state index < -0.39 is 0 Å². The lowest BCUT2D eigenvalue weighted by molar-refractivity contribution is 0.0722. The molecule has 2 aromatic carbocycles. The molecule has 0 bridgehead atoms. The predicted octanol–water partition coefficient (Wildman–Crippen LogP) is 2.96. The normalized spacial score (nSPS) is 13.9. The number of hydrogen-bond donors (Lipinski definition) is 0. The quantitative estimate of drug-likeness (QED) is 0.811. The van der Waals surface area contributed by atoms with Gasteiger partial charge < -0.3 is 4.74 Å². The molecule has 3 rings (SSSR count). The largest absolute Gasteiger partial charge is 0.496 e. The van der Waals surface area contributed by atoms with Crippen molar-refractivity contribution in [2.24, 2.45) is 0 Å². The summed E-state index contributed by atoms with van der Waals surface area (Å²) in [6.45, 7) is 0. The lowest BCUT2D eigenvalue weighted by Gasteiger charge is -2.08. The van der Waals surface area contributed by atoms with E-state index in [9.17, 15) is 9.59 Å². The van der Waals surface area contributed by atoms with Gasteiger partial charge in [0.25, 0.3) is 11.8 Å². The van der Waals surface area contributed by atoms with E-state index in [-0.39, 0.29) is 11.8 Å². The lowest BCUT2D eigenvalue weighted by Crippen LogP contribution is -2.23. The van der Waals surface area contributed by atoms with Gasteiger partial charge in [0.2, 0.25) is 0 Å². The fourth-order valence-corrected chi connectivity index (χ4v) is 2.30. The van der Waals surface area contributed by atoms with Crippen molar-refractivity contribution in [3.05, 3.63) is 71.4 Å². The number of rotatable bonds is 3. The molecular weight excluding hydrogens is 266 g/mol. The Morgan fingerprint density at radius 1 is 0.905 bits per heavy atom. The standard InChI is InChI=1S/C17H13NO3/c1-21-15-9-5-2-6-12(15)10-11-18-16(19)13-7-3-4-8-14(13)17(18)20/h2-11H,1H3/b11-10+. The fourth-order valence-electron chi connectivity index (χ4n) is 2.30. The van der Waals surface area contributed by atoms with Crippen LogP contribution in [-0.2, 0) is 0 Å². The minimum absolute atomic E-state index is 0.304. The van der Waals surface area contributed by atoms with Crippen LogP contribution in [0.2, 0.25) is 0 Å². The maximum atomic E-state index is 12.2. The smallest absolute Gasteiger partial charge is 0.265 e. The van der Waals surface area contributed by atoms with Gasteiger partial charge in [-0.1, -0.05) is 30.3 Å². The van der Waals surface area contributed by atoms with Gasteiger partial charge in [0.05, 0.1) is 18.2 Å². The molecule has 0 radical (unpaired) electrons. The number of nitrogens with zero attached hydrogens (tertiary/aromatic N) is 1. The van der Waals surface area contributed by atoms with Gasteiger partial charge in [-0.05, 0) is 24.3 Å². The summed E-state index contributed by atoms with van der Waals surface area (Å²) in [5, 5.41) is 0. The number of fused-ring (bicyclic) bond motifs is 1. The first-order chi connectivity index (χ1) is 10.2. The molecular formula is C17H13NO3. The molecule has 4 nitrogen and oxygen atoms in total. The second kappa shape index (κ2) is 5.25. The average molecular weight is 279 g/mol. The number of carbonyl (C=O) groups is 2. The highest BCUT2D eigenvalue weighted by Gasteiger charge is 2.33. The first kappa shape index (κ1) is 13.1. The Bertz CT molecular complexity index is 714. The summed E-state index contributed by atoms with van der Waals surface area (Å²) in [6, 6.07) is 14.2. The summed E-state index contributed by atoms with van der Waals surface area (Å²) >= 11 is 0. The predicted molar refractivity (Wildman–Crippen MR) is 79.0 cm³/mol. The number of hydrogen-bond acceptors (Lipinski definition) is 3. The molecule has 2 amide bonds. The molecule has 0 saturated heterocycles. The highest BCUT2D eigenvalue weighted by molar-refractivity contribution is 6.22. The zero-order valence-corrected chi connectivity index (χ0v) is 11.4. The van der Waals surface area contributed by atoms with Crippen LogP contribution < -0.4 is 4.74 Å². The molecule has 104 valence electrons. The Hall–Kier alpha value is -2.88. The van der Waals surface area contributed by atoms with Crippen molar-refractivity contribution < 1.29 is 14.3 Å². The Morgan fingerprint density at radius 3 is 2.10 bits per heavy atom. The summed E-state index contributed by atoms with van der Waals surface area (Å²) in [4.78, 5) is 25.5. The van der Waals surface area contributed by atoms with Crippen molar-refractivity contribution in [3.8, 4) is 5.75 Å². The third-order valence-corrected chi connectivity index (χ3v) is 3.37. The number of amides is 2. The third-order valence-electron chi connectivity index (χ3n) is 3.37. The van der Waals surface area contributed by atoms with Crippen LogP contribution in [0.1, 0.15) is 26.3 Å². The molecule has 21 heavy (non-hydrogen) atoms. The number of carbonyl (C=O) groups excluding carboxylic acids is 2. The lowest BCUT2D eigenvalue weighted by atomic mass is 10.1. The summed E-state index contributed by atoms with van der Waals surface area (Å²) in [7, 11) is 1.58. The van der Waals surface area contributed by atoms with Crippen molar-refractivity contribution in [2.45, 2.75) is 0 Å². The van der Waals surface area contributed by atoms with E-state index in [0.29, 0.717) is 16.9 Å². The Labute approximate surface area is 122 Å². The fraction of sp³-hybridized carbons (Fsp3) is 0.0588. The van der Waals surface area contributed by atoms with E-state index >= 15 is 0 Å². The summed E-state index contributed by atoms with van der Waals surface area (Å²) in [6.07, 6.45) is 3.18. The minimum atomic E-state index is -0.304. The van der Waals surface area contributed by atoms with E-state index in [0.717, 1.165) is 10.5 Å². The van der Waals surface area contributed by atoms with Crippen LogP contribution in [0.25, 0.3) is 6.08 Å². The second-order valence-corrected chi connectivity index (χ2v) is 4.58. The molecule has 0 N–H and O–H groups in total. The van der Waals surface area contributed by atoms with Gasteiger partial charge in [0.1, 0.15) is 5.75 Å². The third kappa shape index (κ3) is 2.21. The summed E-state index contributed by atoms with van der Waals surface area (Å²) in [5.41, 5.74) is 1.68. The van der Waals surface area contributed by atoms with E-state index in [1.807, 2.05) is 24.3 Å². The van der Waals surface area contributed by atoms with E-state index in [2.05, 4.69) is 0 Å². The van der Waals surface area contributed by atoms with Crippen molar-refractivity contribution in [2.75, 3.05) is 7.11 Å². The monoisotopic (exact) mass is 279 g/mol. The molecule has 0 fully saturated rings. The van der Waals surface area contributed by atoms with Crippen LogP contribution in [0.3, 0.4) is 0 Å². The van der Waals surface area contributed by atoms with Crippen LogP contribution in [0.15, 0.2) is 54.7 Å². The first-order valence-corrected chi connectivity index (χ1v) is 6.50. The Balaban J connectivity index is 1.92. The molecule has 0 atom stereocenters. The molecule has 0 unspecified atom stereocenters. The van der Waals surface area contributed by atoms with Gasteiger partial charge >= 0.3 is 0 Å². The second-order valence-electron chi connectivity index (χ2n) is 4.58. The van der Waals surface area contributed by atoms with Gasteiger partial charge in [-0.3, -0.25) is 9.59 Å². The molecule has 0 aliphatic carbocycles. The molecule has 0 saturated carbocycles. The number of benzene rings is 2. The zero-order chi connectivity index (χ0) is 14.8. The summed E-state index contributed by atoms with van der Waals surface area (Å²) in [5.74, 6) is 0.0776. The van der Waals surface area contributed by atoms with E-state index in [1.165, 1.54) is 6.20 Å². The van der Waals surface area contributed by atoms with Gasteiger partial charge in [-0.15, -0.1) is 0 Å². The average Bonchev–Trinajstić information content (AvgIpc) is 2.78. The van der Waals surface area contributed by atoms with Crippen molar-refractivity contribution >= 4 is 17.9 Å². The minimum Gasteiger partial charge on any atom is -0.496 e. The van der Waals surface area contributed by atoms with Crippen molar-refractivity contribution in [1.82, 2.24) is 4.90 Å². The SMILES string of the molecule is COc1ccccc1/C=C/N1C(=O)c2ccccc2C1=O. The van der Waals surface area contributed by atoms with Crippen molar-refractivity contribution in [1.29, 1.82) is 0 Å². The van der Waals surface area contributed by atoms with Crippen LogP contribution in [0.4, 0.5) is 0 Å². The van der Waals surface area contributed by atoms with E-state index in [1.54, 1.807) is 37.5 Å². The van der Waals surface area contributed by atoms with Crippen LogP contribution in [-0.4, -0.2) is 23.8 Å². The molecule has 0 aromatic heterocycles. The zero-order valence-electron chi connectivity index (χ0n) is 11.4. The summed E-state index contributed by atoms with van der Waals surface area (Å²) < 4.78 is 5.24. The molecule has 2 aromatic rings. The van der Waals surface area contributed by atoms with Crippen LogP contribution in [0, 0.1) is 0 Å². The molecule has 0 spiro atoms. The van der Waals surface area contributed by atoms with Gasteiger partial charge in [-0.2, -0.15) is 0 Å². The number of imide groups is 1. The number of methoxy groups -OCH3 is 1. The number of para-hydroxylation sites is 1. The molecule has 1 aliphatic rings. The number of ether oxygens (including phenoxy) is 1. The Morgan fingerprint density at radius 2 is 1.48 bits per heavy atom. The van der Waals surface area contributed by atoms with Gasteiger partial charge in [0.15, 0.2) is 0 Å². The topological polar surface area (TPSA) is 46.6 Å². The maximum absolute atomic E-state index is 12.2. The highest BCUT2D eigenvalue weighted by Crippen LogP contribution is 2.24. The molecule has 1 heterocycles.